The molecule has 0 spiro atoms. The summed E-state index contributed by atoms with van der Waals surface area (Å²) in [6.07, 6.45) is 5.66. The van der Waals surface area contributed by atoms with Gasteiger partial charge in [-0.05, 0) is 19.4 Å². The summed E-state index contributed by atoms with van der Waals surface area (Å²) in [5.74, 6) is 0.713. The summed E-state index contributed by atoms with van der Waals surface area (Å²) in [7, 11) is 0. The summed E-state index contributed by atoms with van der Waals surface area (Å²) in [5, 5.41) is 3.47. The predicted octanol–water partition coefficient (Wildman–Crippen LogP) is 1.52. The summed E-state index contributed by atoms with van der Waals surface area (Å²) in [6, 6.07) is 0.511. The number of rotatable bonds is 5. The highest BCUT2D eigenvalue weighted by molar-refractivity contribution is 4.76. The predicted molar refractivity (Wildman–Crippen MR) is 54.5 cm³/mol. The fraction of sp³-hybridized carbons (Fsp3) is 0.700. The third-order valence-electron chi connectivity index (χ3n) is 1.92. The topological polar surface area (TPSA) is 29.9 Å². The molecular formula is C10H19N3. The fourth-order valence-electron chi connectivity index (χ4n) is 1.21. The maximum atomic E-state index is 4.01. The van der Waals surface area contributed by atoms with Gasteiger partial charge in [-0.15, -0.1) is 0 Å². The Morgan fingerprint density at radius 3 is 2.69 bits per heavy atom. The van der Waals surface area contributed by atoms with E-state index < -0.39 is 0 Å². The Labute approximate surface area is 80.2 Å². The van der Waals surface area contributed by atoms with Crippen molar-refractivity contribution in [1.29, 1.82) is 0 Å². The van der Waals surface area contributed by atoms with Crippen molar-refractivity contribution in [1.82, 2.24) is 14.9 Å². The maximum absolute atomic E-state index is 4.01. The van der Waals surface area contributed by atoms with E-state index in [0.29, 0.717) is 12.0 Å². The van der Waals surface area contributed by atoms with Gasteiger partial charge in [0.25, 0.3) is 0 Å². The molecule has 13 heavy (non-hydrogen) atoms. The van der Waals surface area contributed by atoms with Crippen LogP contribution in [0, 0.1) is 5.92 Å². The van der Waals surface area contributed by atoms with Crippen LogP contribution in [0.4, 0.5) is 0 Å². The quantitative estimate of drug-likeness (QED) is 0.746. The van der Waals surface area contributed by atoms with E-state index in [4.69, 9.17) is 0 Å². The van der Waals surface area contributed by atoms with Gasteiger partial charge in [0.2, 0.25) is 0 Å². The zero-order valence-corrected chi connectivity index (χ0v) is 8.70. The Bertz CT molecular complexity index is 216. The third kappa shape index (κ3) is 4.08. The van der Waals surface area contributed by atoms with Gasteiger partial charge in [-0.1, -0.05) is 13.8 Å². The molecule has 1 aromatic rings. The minimum Gasteiger partial charge on any atom is -0.336 e. The Morgan fingerprint density at radius 1 is 1.38 bits per heavy atom. The van der Waals surface area contributed by atoms with Gasteiger partial charge < -0.3 is 9.88 Å². The molecule has 0 aliphatic heterocycles. The van der Waals surface area contributed by atoms with Crippen molar-refractivity contribution in [3.05, 3.63) is 18.7 Å². The highest BCUT2D eigenvalue weighted by Crippen LogP contribution is 1.94. The lowest BCUT2D eigenvalue weighted by Gasteiger charge is -2.15. The zero-order chi connectivity index (χ0) is 9.68. The van der Waals surface area contributed by atoms with E-state index in [9.17, 15) is 0 Å². The summed E-state index contributed by atoms with van der Waals surface area (Å²) < 4.78 is 2.10. The minimum absolute atomic E-state index is 0.511. The first-order valence-electron chi connectivity index (χ1n) is 4.87. The molecule has 1 rings (SSSR count). The van der Waals surface area contributed by atoms with E-state index in [1.807, 2.05) is 18.7 Å². The lowest BCUT2D eigenvalue weighted by molar-refractivity contribution is 0.440. The van der Waals surface area contributed by atoms with E-state index in [2.05, 4.69) is 35.6 Å². The molecule has 0 radical (unpaired) electrons. The van der Waals surface area contributed by atoms with Crippen molar-refractivity contribution in [3.63, 3.8) is 0 Å². The second-order valence-corrected chi connectivity index (χ2v) is 3.96. The lowest BCUT2D eigenvalue weighted by atomic mass is 10.2. The molecule has 74 valence electrons. The number of nitrogens with one attached hydrogen (secondary N) is 1. The molecular weight excluding hydrogens is 162 g/mol. The Balaban J connectivity index is 2.22. The van der Waals surface area contributed by atoms with Gasteiger partial charge in [0.15, 0.2) is 0 Å². The molecule has 0 fully saturated rings. The van der Waals surface area contributed by atoms with Gasteiger partial charge >= 0.3 is 0 Å². The SMILES string of the molecule is CC(C)CNC(C)Cn1ccnc1. The van der Waals surface area contributed by atoms with Gasteiger partial charge in [0.05, 0.1) is 6.33 Å². The molecule has 1 atom stereocenters. The first-order chi connectivity index (χ1) is 6.18. The van der Waals surface area contributed by atoms with Gasteiger partial charge in [-0.2, -0.15) is 0 Å². The molecule has 1 aromatic heterocycles. The number of hydrogen-bond acceptors (Lipinski definition) is 2. The van der Waals surface area contributed by atoms with Crippen LogP contribution in [0.2, 0.25) is 0 Å². The van der Waals surface area contributed by atoms with Gasteiger partial charge in [0, 0.05) is 25.0 Å². The molecule has 0 bridgehead atoms. The first-order valence-corrected chi connectivity index (χ1v) is 4.87. The molecule has 0 saturated carbocycles. The van der Waals surface area contributed by atoms with Crippen molar-refractivity contribution in [3.8, 4) is 0 Å². The summed E-state index contributed by atoms with van der Waals surface area (Å²) in [6.45, 7) is 8.71. The molecule has 1 heterocycles. The standard InChI is InChI=1S/C10H19N3/c1-9(2)6-12-10(3)7-13-5-4-11-8-13/h4-5,8-10,12H,6-7H2,1-3H3. The van der Waals surface area contributed by atoms with E-state index in [-0.39, 0.29) is 0 Å². The number of aromatic nitrogens is 2. The number of imidazole rings is 1. The van der Waals surface area contributed by atoms with Crippen molar-refractivity contribution >= 4 is 0 Å². The summed E-state index contributed by atoms with van der Waals surface area (Å²) in [5.41, 5.74) is 0. The monoisotopic (exact) mass is 181 g/mol. The highest BCUT2D eigenvalue weighted by atomic mass is 15.1. The second-order valence-electron chi connectivity index (χ2n) is 3.96. The van der Waals surface area contributed by atoms with Crippen molar-refractivity contribution in [2.75, 3.05) is 6.54 Å². The van der Waals surface area contributed by atoms with Crippen molar-refractivity contribution in [2.45, 2.75) is 33.4 Å². The Kier molecular flexibility index (Phi) is 3.96. The largest absolute Gasteiger partial charge is 0.336 e. The lowest BCUT2D eigenvalue weighted by Crippen LogP contribution is -2.32. The molecule has 0 amide bonds. The van der Waals surface area contributed by atoms with E-state index >= 15 is 0 Å². The van der Waals surface area contributed by atoms with Crippen LogP contribution >= 0.6 is 0 Å². The molecule has 0 aromatic carbocycles. The van der Waals surface area contributed by atoms with Gasteiger partial charge in [-0.3, -0.25) is 0 Å². The molecule has 3 nitrogen and oxygen atoms in total. The smallest absolute Gasteiger partial charge is 0.0946 e. The van der Waals surface area contributed by atoms with Crippen LogP contribution in [-0.4, -0.2) is 22.1 Å². The minimum atomic E-state index is 0.511. The first kappa shape index (κ1) is 10.3. The van der Waals surface area contributed by atoms with Crippen LogP contribution in [0.25, 0.3) is 0 Å². The third-order valence-corrected chi connectivity index (χ3v) is 1.92. The zero-order valence-electron chi connectivity index (χ0n) is 8.70. The molecule has 3 heteroatoms. The molecule has 0 saturated heterocycles. The van der Waals surface area contributed by atoms with Crippen LogP contribution < -0.4 is 5.32 Å². The number of hydrogen-bond donors (Lipinski definition) is 1. The van der Waals surface area contributed by atoms with E-state index in [0.717, 1.165) is 13.1 Å². The van der Waals surface area contributed by atoms with Crippen LogP contribution in [-0.2, 0) is 6.54 Å². The molecule has 0 aliphatic rings. The van der Waals surface area contributed by atoms with Crippen LogP contribution in [0.5, 0.6) is 0 Å². The average Bonchev–Trinajstić information content (AvgIpc) is 2.53. The van der Waals surface area contributed by atoms with Gasteiger partial charge in [0.1, 0.15) is 0 Å². The van der Waals surface area contributed by atoms with Gasteiger partial charge in [-0.25, -0.2) is 4.98 Å². The van der Waals surface area contributed by atoms with E-state index in [1.54, 1.807) is 0 Å². The molecule has 1 unspecified atom stereocenters. The second kappa shape index (κ2) is 5.02. The summed E-state index contributed by atoms with van der Waals surface area (Å²) in [4.78, 5) is 4.01. The highest BCUT2D eigenvalue weighted by Gasteiger charge is 2.02. The van der Waals surface area contributed by atoms with Crippen LogP contribution in [0.1, 0.15) is 20.8 Å². The summed E-state index contributed by atoms with van der Waals surface area (Å²) >= 11 is 0. The van der Waals surface area contributed by atoms with Crippen molar-refractivity contribution in [2.24, 2.45) is 5.92 Å². The van der Waals surface area contributed by atoms with E-state index in [1.165, 1.54) is 0 Å². The maximum Gasteiger partial charge on any atom is 0.0946 e. The Hall–Kier alpha value is -0.830. The molecule has 1 N–H and O–H groups in total. The van der Waals surface area contributed by atoms with Crippen LogP contribution in [0.15, 0.2) is 18.7 Å². The van der Waals surface area contributed by atoms with Crippen molar-refractivity contribution < 1.29 is 0 Å². The van der Waals surface area contributed by atoms with Crippen LogP contribution in [0.3, 0.4) is 0 Å². The number of nitrogens with zero attached hydrogens (tertiary/aromatic N) is 2. The normalized spacial score (nSPS) is 13.5. The molecule has 0 aliphatic carbocycles. The average molecular weight is 181 g/mol. The Morgan fingerprint density at radius 2 is 2.15 bits per heavy atom. The fourth-order valence-corrected chi connectivity index (χ4v) is 1.21.